The first kappa shape index (κ1) is 20.1. The summed E-state index contributed by atoms with van der Waals surface area (Å²) in [6, 6.07) is 18.0. The third-order valence-electron chi connectivity index (χ3n) is 5.80. The minimum Gasteiger partial charge on any atom is -0.450 e. The molecule has 0 fully saturated rings. The zero-order valence-corrected chi connectivity index (χ0v) is 18.5. The van der Waals surface area contributed by atoms with Crippen molar-refractivity contribution in [2.75, 3.05) is 13.2 Å². The standard InChI is InChI=1S/C25H20Cl2N2O2/c1-2-31-25(30)29-13-12-17-19(14-29)24(18-8-5-9-20(26)23(18)27)28-21-11-10-15-6-3-4-7-16(15)22(17)21/h3-11H,2,12-14H2,1H3. The summed E-state index contributed by atoms with van der Waals surface area (Å²) in [5.41, 5.74) is 4.64. The Bertz CT molecular complexity index is 1340. The number of carbonyl (C=O) groups excluding carboxylic acids is 1. The van der Waals surface area contributed by atoms with Crippen molar-refractivity contribution in [2.45, 2.75) is 19.9 Å². The van der Waals surface area contributed by atoms with Gasteiger partial charge in [0.05, 0.1) is 34.4 Å². The molecule has 3 aromatic carbocycles. The molecule has 1 amide bonds. The highest BCUT2D eigenvalue weighted by molar-refractivity contribution is 6.43. The van der Waals surface area contributed by atoms with E-state index in [-0.39, 0.29) is 6.09 Å². The van der Waals surface area contributed by atoms with Gasteiger partial charge in [0, 0.05) is 23.1 Å². The molecule has 1 aromatic heterocycles. The molecule has 0 radical (unpaired) electrons. The van der Waals surface area contributed by atoms with E-state index in [1.54, 1.807) is 11.0 Å². The number of ether oxygens (including phenoxy) is 1. The number of hydrogen-bond acceptors (Lipinski definition) is 3. The third-order valence-corrected chi connectivity index (χ3v) is 6.62. The molecule has 156 valence electrons. The van der Waals surface area contributed by atoms with Gasteiger partial charge in [-0.25, -0.2) is 9.78 Å². The Kier molecular flexibility index (Phi) is 5.20. The van der Waals surface area contributed by atoms with Crippen molar-refractivity contribution in [2.24, 2.45) is 0 Å². The number of fused-ring (bicyclic) bond motifs is 5. The van der Waals surface area contributed by atoms with E-state index < -0.39 is 0 Å². The molecule has 0 N–H and O–H groups in total. The van der Waals surface area contributed by atoms with Gasteiger partial charge in [-0.2, -0.15) is 0 Å². The van der Waals surface area contributed by atoms with Gasteiger partial charge >= 0.3 is 6.09 Å². The van der Waals surface area contributed by atoms with E-state index in [0.29, 0.717) is 36.2 Å². The minimum absolute atomic E-state index is 0.311. The van der Waals surface area contributed by atoms with Gasteiger partial charge in [0.1, 0.15) is 0 Å². The maximum atomic E-state index is 12.5. The van der Waals surface area contributed by atoms with Crippen LogP contribution in [-0.4, -0.2) is 29.1 Å². The summed E-state index contributed by atoms with van der Waals surface area (Å²) < 4.78 is 5.26. The highest BCUT2D eigenvalue weighted by Gasteiger charge is 2.28. The zero-order chi connectivity index (χ0) is 21.5. The van der Waals surface area contributed by atoms with Crippen molar-refractivity contribution >= 4 is 51.0 Å². The summed E-state index contributed by atoms with van der Waals surface area (Å²) >= 11 is 12.9. The molecule has 0 atom stereocenters. The van der Waals surface area contributed by atoms with Crippen molar-refractivity contribution in [3.05, 3.63) is 75.8 Å². The maximum absolute atomic E-state index is 12.5. The van der Waals surface area contributed by atoms with Gasteiger partial charge in [0.15, 0.2) is 0 Å². The monoisotopic (exact) mass is 450 g/mol. The molecule has 0 saturated carbocycles. The fourth-order valence-electron chi connectivity index (χ4n) is 4.40. The average molecular weight is 451 g/mol. The quantitative estimate of drug-likeness (QED) is 0.312. The van der Waals surface area contributed by atoms with E-state index in [9.17, 15) is 4.79 Å². The molecule has 0 spiro atoms. The Hall–Kier alpha value is -2.82. The van der Waals surface area contributed by atoms with Crippen LogP contribution >= 0.6 is 23.2 Å². The molecule has 0 bridgehead atoms. The lowest BCUT2D eigenvalue weighted by Crippen LogP contribution is -2.37. The number of benzene rings is 3. The number of nitrogens with zero attached hydrogens (tertiary/aromatic N) is 2. The molecule has 4 aromatic rings. The van der Waals surface area contributed by atoms with Crippen LogP contribution in [0.5, 0.6) is 0 Å². The van der Waals surface area contributed by atoms with Crippen LogP contribution in [0.2, 0.25) is 10.0 Å². The Morgan fingerprint density at radius 1 is 1.06 bits per heavy atom. The molecule has 0 unspecified atom stereocenters. The first-order valence-electron chi connectivity index (χ1n) is 10.3. The maximum Gasteiger partial charge on any atom is 0.410 e. The molecule has 1 aliphatic rings. The Morgan fingerprint density at radius 3 is 2.74 bits per heavy atom. The van der Waals surface area contributed by atoms with Crippen LogP contribution < -0.4 is 0 Å². The van der Waals surface area contributed by atoms with Crippen molar-refractivity contribution < 1.29 is 9.53 Å². The van der Waals surface area contributed by atoms with Gasteiger partial charge in [-0.1, -0.05) is 65.7 Å². The number of aromatic nitrogens is 1. The minimum atomic E-state index is -0.311. The second-order valence-corrected chi connectivity index (χ2v) is 8.36. The highest BCUT2D eigenvalue weighted by Crippen LogP contribution is 2.40. The smallest absolute Gasteiger partial charge is 0.410 e. The van der Waals surface area contributed by atoms with Crippen LogP contribution in [0.4, 0.5) is 4.79 Å². The van der Waals surface area contributed by atoms with E-state index in [4.69, 9.17) is 32.9 Å². The summed E-state index contributed by atoms with van der Waals surface area (Å²) in [7, 11) is 0. The Balaban J connectivity index is 1.81. The van der Waals surface area contributed by atoms with Crippen LogP contribution in [0.25, 0.3) is 32.9 Å². The summed E-state index contributed by atoms with van der Waals surface area (Å²) in [5.74, 6) is 0. The van der Waals surface area contributed by atoms with E-state index in [1.165, 1.54) is 10.9 Å². The molecule has 6 heteroatoms. The summed E-state index contributed by atoms with van der Waals surface area (Å²) in [5, 5.41) is 4.41. The van der Waals surface area contributed by atoms with Crippen molar-refractivity contribution in [3.63, 3.8) is 0 Å². The van der Waals surface area contributed by atoms with Gasteiger partial charge < -0.3 is 9.64 Å². The highest BCUT2D eigenvalue weighted by atomic mass is 35.5. The predicted octanol–water partition coefficient (Wildman–Crippen LogP) is 6.88. The largest absolute Gasteiger partial charge is 0.450 e. The molecule has 5 rings (SSSR count). The number of halogens is 2. The van der Waals surface area contributed by atoms with Crippen LogP contribution in [0.15, 0.2) is 54.6 Å². The first-order valence-corrected chi connectivity index (χ1v) is 11.0. The molecule has 0 aliphatic carbocycles. The number of carbonyl (C=O) groups is 1. The van der Waals surface area contributed by atoms with Crippen LogP contribution in [0.1, 0.15) is 18.1 Å². The average Bonchev–Trinajstić information content (AvgIpc) is 2.80. The van der Waals surface area contributed by atoms with Crippen molar-refractivity contribution in [3.8, 4) is 11.3 Å². The van der Waals surface area contributed by atoms with Gasteiger partial charge in [-0.05, 0) is 41.8 Å². The van der Waals surface area contributed by atoms with E-state index in [1.807, 2.05) is 31.2 Å². The molecule has 0 saturated heterocycles. The van der Waals surface area contributed by atoms with E-state index in [2.05, 4.69) is 24.3 Å². The fourth-order valence-corrected chi connectivity index (χ4v) is 4.79. The van der Waals surface area contributed by atoms with Gasteiger partial charge in [-0.15, -0.1) is 0 Å². The summed E-state index contributed by atoms with van der Waals surface area (Å²) in [4.78, 5) is 19.2. The summed E-state index contributed by atoms with van der Waals surface area (Å²) in [6.45, 7) is 3.17. The predicted molar refractivity (Wildman–Crippen MR) is 126 cm³/mol. The van der Waals surface area contributed by atoms with Crippen molar-refractivity contribution in [1.29, 1.82) is 0 Å². The van der Waals surface area contributed by atoms with Crippen LogP contribution in [0.3, 0.4) is 0 Å². The lowest BCUT2D eigenvalue weighted by molar-refractivity contribution is 0.103. The molecule has 31 heavy (non-hydrogen) atoms. The van der Waals surface area contributed by atoms with Gasteiger partial charge in [0.2, 0.25) is 0 Å². The normalized spacial score (nSPS) is 13.5. The molecule has 1 aliphatic heterocycles. The Labute approximate surface area is 190 Å². The van der Waals surface area contributed by atoms with Gasteiger partial charge in [-0.3, -0.25) is 0 Å². The number of rotatable bonds is 2. The molecule has 4 nitrogen and oxygen atoms in total. The molecule has 2 heterocycles. The lowest BCUT2D eigenvalue weighted by Gasteiger charge is -2.30. The van der Waals surface area contributed by atoms with E-state index in [0.717, 1.165) is 33.1 Å². The molecular weight excluding hydrogens is 431 g/mol. The second kappa shape index (κ2) is 8.03. The SMILES string of the molecule is CCOC(=O)N1CCc2c(c(-c3cccc(Cl)c3Cl)nc3ccc4ccccc4c23)C1. The Morgan fingerprint density at radius 2 is 1.90 bits per heavy atom. The van der Waals surface area contributed by atoms with Crippen molar-refractivity contribution in [1.82, 2.24) is 9.88 Å². The third kappa shape index (κ3) is 3.40. The number of hydrogen-bond donors (Lipinski definition) is 0. The number of amides is 1. The zero-order valence-electron chi connectivity index (χ0n) is 17.0. The van der Waals surface area contributed by atoms with Crippen LogP contribution in [0, 0.1) is 0 Å². The fraction of sp³-hybridized carbons (Fsp3) is 0.200. The van der Waals surface area contributed by atoms with Crippen LogP contribution in [-0.2, 0) is 17.7 Å². The first-order chi connectivity index (χ1) is 15.1. The summed E-state index contributed by atoms with van der Waals surface area (Å²) in [6.07, 6.45) is 0.404. The lowest BCUT2D eigenvalue weighted by atomic mass is 9.89. The second-order valence-electron chi connectivity index (χ2n) is 7.57. The van der Waals surface area contributed by atoms with Gasteiger partial charge in [0.25, 0.3) is 0 Å². The van der Waals surface area contributed by atoms with E-state index >= 15 is 0 Å². The number of pyridine rings is 1. The topological polar surface area (TPSA) is 42.4 Å². The molecular formula is C25H20Cl2N2O2.